The van der Waals surface area contributed by atoms with Crippen LogP contribution in [0.3, 0.4) is 0 Å². The third kappa shape index (κ3) is 5.70. The van der Waals surface area contributed by atoms with Crippen LogP contribution < -0.4 is 5.32 Å². The molecule has 2 aliphatic carbocycles. The number of aromatic nitrogens is 1. The van der Waals surface area contributed by atoms with Crippen molar-refractivity contribution < 1.29 is 19.4 Å². The van der Waals surface area contributed by atoms with Gasteiger partial charge in [-0.2, -0.15) is 0 Å². The molecule has 1 heterocycles. The van der Waals surface area contributed by atoms with Gasteiger partial charge < -0.3 is 15.2 Å². The Kier molecular flexibility index (Phi) is 7.00. The van der Waals surface area contributed by atoms with Crippen molar-refractivity contribution in [1.29, 1.82) is 0 Å². The molecule has 2 N–H and O–H groups in total. The molecule has 2 aromatic rings. The minimum atomic E-state index is -1.22. The molecule has 2 fully saturated rings. The number of carboxylic acids is 1. The zero-order valence-corrected chi connectivity index (χ0v) is 22.0. The molecule has 0 saturated heterocycles. The second kappa shape index (κ2) is 9.55. The van der Waals surface area contributed by atoms with Gasteiger partial charge in [0.2, 0.25) is 5.91 Å². The van der Waals surface area contributed by atoms with E-state index >= 15 is 0 Å². The van der Waals surface area contributed by atoms with E-state index in [4.69, 9.17) is 16.3 Å². The van der Waals surface area contributed by atoms with Crippen molar-refractivity contribution in [3.63, 3.8) is 0 Å². The first-order valence-electron chi connectivity index (χ1n) is 12.4. The number of carboxylic acid groups (broad SMARTS) is 1. The molecule has 35 heavy (non-hydrogen) atoms. The van der Waals surface area contributed by atoms with Crippen LogP contribution in [-0.2, 0) is 14.3 Å². The number of nitrogens with zero attached hydrogens (tertiary/aromatic N) is 1. The normalized spacial score (nSPS) is 18.3. The van der Waals surface area contributed by atoms with Crippen molar-refractivity contribution in [3.05, 3.63) is 46.1 Å². The molecule has 0 unspecified atom stereocenters. The molecule has 4 rings (SSSR count). The first-order chi connectivity index (χ1) is 16.4. The Labute approximate surface area is 212 Å². The Morgan fingerprint density at radius 2 is 1.71 bits per heavy atom. The Hall–Kier alpha value is -2.44. The lowest BCUT2D eigenvalue weighted by atomic mass is 9.79. The third-order valence-electron chi connectivity index (χ3n) is 7.38. The average molecular weight is 499 g/mol. The fourth-order valence-corrected chi connectivity index (χ4v) is 5.34. The summed E-state index contributed by atoms with van der Waals surface area (Å²) in [6.07, 6.45) is 5.44. The van der Waals surface area contributed by atoms with Crippen LogP contribution >= 0.6 is 11.6 Å². The van der Waals surface area contributed by atoms with E-state index in [-0.39, 0.29) is 11.8 Å². The van der Waals surface area contributed by atoms with Gasteiger partial charge in [-0.05, 0) is 102 Å². The van der Waals surface area contributed by atoms with Gasteiger partial charge in [0, 0.05) is 27.8 Å². The van der Waals surface area contributed by atoms with E-state index in [1.165, 1.54) is 12.8 Å². The molecule has 2 aliphatic rings. The predicted octanol–water partition coefficient (Wildman–Crippen LogP) is 6.87. The van der Waals surface area contributed by atoms with Gasteiger partial charge in [0.1, 0.15) is 5.82 Å². The third-order valence-corrected chi connectivity index (χ3v) is 7.63. The maximum absolute atomic E-state index is 13.2. The monoisotopic (exact) mass is 498 g/mol. The van der Waals surface area contributed by atoms with Crippen molar-refractivity contribution >= 4 is 29.3 Å². The standard InChI is InChI=1S/C28H35ClN2O4/c1-16-21(18-6-8-20(29)9-7-18)22(23(26(33)34)35-27(3,4)5)17(2)30-24(16)31-25(32)19-10-12-28(13-11-19)14-15-28/h6-9,19,23H,10-15H2,1-5H3,(H,33,34)(H,30,31,32)/t23-/m0/s1. The van der Waals surface area contributed by atoms with E-state index in [9.17, 15) is 14.7 Å². The highest BCUT2D eigenvalue weighted by Crippen LogP contribution is 2.57. The second-order valence-corrected chi connectivity index (χ2v) is 11.6. The predicted molar refractivity (Wildman–Crippen MR) is 138 cm³/mol. The number of carbonyl (C=O) groups excluding carboxylic acids is 1. The lowest BCUT2D eigenvalue weighted by Crippen LogP contribution is -2.30. The van der Waals surface area contributed by atoms with Crippen LogP contribution in [0.5, 0.6) is 0 Å². The summed E-state index contributed by atoms with van der Waals surface area (Å²) < 4.78 is 6.00. The average Bonchev–Trinajstić information content (AvgIpc) is 3.53. The van der Waals surface area contributed by atoms with Gasteiger partial charge in [-0.15, -0.1) is 0 Å². The van der Waals surface area contributed by atoms with E-state index in [2.05, 4.69) is 10.3 Å². The molecule has 0 aliphatic heterocycles. The van der Waals surface area contributed by atoms with Crippen LogP contribution in [-0.4, -0.2) is 27.6 Å². The zero-order chi connectivity index (χ0) is 25.5. The van der Waals surface area contributed by atoms with Gasteiger partial charge in [0.05, 0.1) is 5.60 Å². The van der Waals surface area contributed by atoms with Crippen molar-refractivity contribution in [2.75, 3.05) is 5.32 Å². The first-order valence-corrected chi connectivity index (χ1v) is 12.8. The molecule has 0 bridgehead atoms. The molecule has 1 aromatic heterocycles. The SMILES string of the molecule is Cc1nc(NC(=O)C2CCC3(CC2)CC3)c(C)c(-c2ccc(Cl)cc2)c1[C@H](OC(C)(C)C)C(=O)O. The largest absolute Gasteiger partial charge is 0.479 e. The van der Waals surface area contributed by atoms with Gasteiger partial charge in [0.15, 0.2) is 6.10 Å². The van der Waals surface area contributed by atoms with Crippen LogP contribution in [0.25, 0.3) is 11.1 Å². The molecule has 2 saturated carbocycles. The summed E-state index contributed by atoms with van der Waals surface area (Å²) in [7, 11) is 0. The maximum Gasteiger partial charge on any atom is 0.337 e. The molecule has 1 atom stereocenters. The number of benzene rings is 1. The van der Waals surface area contributed by atoms with Crippen LogP contribution in [0, 0.1) is 25.2 Å². The maximum atomic E-state index is 13.2. The molecule has 1 amide bonds. The highest BCUT2D eigenvalue weighted by Gasteiger charge is 2.46. The van der Waals surface area contributed by atoms with Crippen LogP contribution in [0.15, 0.2) is 24.3 Å². The number of halogens is 1. The summed E-state index contributed by atoms with van der Waals surface area (Å²) >= 11 is 6.13. The smallest absolute Gasteiger partial charge is 0.337 e. The number of anilines is 1. The fourth-order valence-electron chi connectivity index (χ4n) is 5.22. The summed E-state index contributed by atoms with van der Waals surface area (Å²) in [5, 5.41) is 13.8. The number of rotatable bonds is 6. The van der Waals surface area contributed by atoms with Gasteiger partial charge >= 0.3 is 5.97 Å². The van der Waals surface area contributed by atoms with E-state index < -0.39 is 17.7 Å². The summed E-state index contributed by atoms with van der Waals surface area (Å²) in [6, 6.07) is 7.24. The van der Waals surface area contributed by atoms with Crippen molar-refractivity contribution in [1.82, 2.24) is 4.98 Å². The lowest BCUT2D eigenvalue weighted by Gasteiger charge is -2.29. The Bertz CT molecular complexity index is 1120. The number of aliphatic carboxylic acids is 1. The summed E-state index contributed by atoms with van der Waals surface area (Å²) in [4.78, 5) is 30.2. The van der Waals surface area contributed by atoms with Gasteiger partial charge in [-0.25, -0.2) is 9.78 Å². The number of amides is 1. The van der Waals surface area contributed by atoms with Crippen molar-refractivity contribution in [2.45, 2.75) is 84.8 Å². The van der Waals surface area contributed by atoms with Crippen molar-refractivity contribution in [3.8, 4) is 11.1 Å². The lowest BCUT2D eigenvalue weighted by molar-refractivity contribution is -0.160. The molecule has 188 valence electrons. The molecular formula is C28H35ClN2O4. The van der Waals surface area contributed by atoms with Crippen LogP contribution in [0.2, 0.25) is 5.02 Å². The van der Waals surface area contributed by atoms with Gasteiger partial charge in [-0.3, -0.25) is 4.79 Å². The topological polar surface area (TPSA) is 88.5 Å². The van der Waals surface area contributed by atoms with E-state index in [1.807, 2.05) is 39.8 Å². The Morgan fingerprint density at radius 1 is 1.11 bits per heavy atom. The number of carbonyl (C=O) groups is 2. The van der Waals surface area contributed by atoms with Gasteiger partial charge in [0.25, 0.3) is 0 Å². The summed E-state index contributed by atoms with van der Waals surface area (Å²) in [5.74, 6) is -0.649. The van der Waals surface area contributed by atoms with E-state index in [0.717, 1.165) is 31.2 Å². The molecule has 1 aromatic carbocycles. The van der Waals surface area contributed by atoms with E-state index in [1.54, 1.807) is 19.1 Å². The quantitative estimate of drug-likeness (QED) is 0.453. The number of pyridine rings is 1. The molecule has 1 spiro atoms. The molecule has 0 radical (unpaired) electrons. The first kappa shape index (κ1) is 25.6. The number of aryl methyl sites for hydroxylation is 1. The number of hydrogen-bond donors (Lipinski definition) is 2. The fraction of sp³-hybridized carbons (Fsp3) is 0.536. The highest BCUT2D eigenvalue weighted by atomic mass is 35.5. The second-order valence-electron chi connectivity index (χ2n) is 11.2. The summed E-state index contributed by atoms with van der Waals surface area (Å²) in [6.45, 7) is 9.11. The number of nitrogens with one attached hydrogen (secondary N) is 1. The molecule has 6 nitrogen and oxygen atoms in total. The highest BCUT2D eigenvalue weighted by molar-refractivity contribution is 6.30. The van der Waals surface area contributed by atoms with Crippen molar-refractivity contribution in [2.24, 2.45) is 11.3 Å². The minimum absolute atomic E-state index is 0.00830. The van der Waals surface area contributed by atoms with Gasteiger partial charge in [-0.1, -0.05) is 23.7 Å². The van der Waals surface area contributed by atoms with Crippen LogP contribution in [0.4, 0.5) is 5.82 Å². The number of ether oxygens (including phenoxy) is 1. The zero-order valence-electron chi connectivity index (χ0n) is 21.2. The van der Waals surface area contributed by atoms with Crippen LogP contribution in [0.1, 0.15) is 82.2 Å². The van der Waals surface area contributed by atoms with E-state index in [0.29, 0.717) is 38.6 Å². The molecular weight excluding hydrogens is 464 g/mol. The summed E-state index contributed by atoms with van der Waals surface area (Å²) in [5.41, 5.74) is 3.02. The Morgan fingerprint density at radius 3 is 2.23 bits per heavy atom. The number of hydrogen-bond acceptors (Lipinski definition) is 4. The minimum Gasteiger partial charge on any atom is -0.479 e. The molecule has 7 heteroatoms. The Balaban J connectivity index is 1.74.